The molecule has 2 aromatic rings. The monoisotopic (exact) mass is 341 g/mol. The van der Waals surface area contributed by atoms with Gasteiger partial charge in [-0.2, -0.15) is 0 Å². The minimum atomic E-state index is -0.486. The molecule has 0 fully saturated rings. The van der Waals surface area contributed by atoms with Gasteiger partial charge in [-0.3, -0.25) is 14.6 Å². The van der Waals surface area contributed by atoms with Gasteiger partial charge in [-0.15, -0.1) is 0 Å². The Hall–Kier alpha value is -2.89. The van der Waals surface area contributed by atoms with Gasteiger partial charge >= 0.3 is 0 Å². The van der Waals surface area contributed by atoms with Crippen LogP contribution in [0.3, 0.4) is 0 Å². The third-order valence-electron chi connectivity index (χ3n) is 3.80. The number of rotatable bonds is 8. The second-order valence-corrected chi connectivity index (χ2v) is 5.78. The highest BCUT2D eigenvalue weighted by molar-refractivity contribution is 5.94. The molecule has 25 heavy (non-hydrogen) atoms. The van der Waals surface area contributed by atoms with Crippen molar-refractivity contribution >= 4 is 11.8 Å². The molecule has 6 heteroatoms. The van der Waals surface area contributed by atoms with Crippen LogP contribution in [0.1, 0.15) is 28.5 Å². The first-order valence-electron chi connectivity index (χ1n) is 8.21. The van der Waals surface area contributed by atoms with Crippen molar-refractivity contribution in [1.29, 1.82) is 0 Å². The van der Waals surface area contributed by atoms with Gasteiger partial charge in [0.15, 0.2) is 0 Å². The maximum absolute atomic E-state index is 12.1. The van der Waals surface area contributed by atoms with Crippen LogP contribution < -0.4 is 15.8 Å². The second kappa shape index (κ2) is 8.82. The fraction of sp³-hybridized carbons (Fsp3) is 0.316. The molecule has 132 valence electrons. The minimum absolute atomic E-state index is 0.176. The van der Waals surface area contributed by atoms with E-state index in [4.69, 9.17) is 10.5 Å². The molecule has 3 N–H and O–H groups in total. The number of nitrogens with two attached hydrogens (primary N) is 1. The van der Waals surface area contributed by atoms with Crippen molar-refractivity contribution in [2.24, 2.45) is 11.7 Å². The number of ether oxygens (including phenoxy) is 1. The molecule has 0 saturated carbocycles. The summed E-state index contributed by atoms with van der Waals surface area (Å²) in [6.07, 6.45) is 1.96. The summed E-state index contributed by atoms with van der Waals surface area (Å²) in [5.74, 6) is -0.427. The number of pyridine rings is 1. The van der Waals surface area contributed by atoms with Crippen LogP contribution in [-0.2, 0) is 11.2 Å². The molecule has 1 aromatic carbocycles. The zero-order valence-electron chi connectivity index (χ0n) is 14.5. The van der Waals surface area contributed by atoms with Crippen LogP contribution in [-0.4, -0.2) is 29.9 Å². The normalized spacial score (nSPS) is 11.6. The number of nitrogens with one attached hydrogen (secondary N) is 1. The van der Waals surface area contributed by atoms with Gasteiger partial charge in [0.1, 0.15) is 5.75 Å². The van der Waals surface area contributed by atoms with Crippen molar-refractivity contribution in [2.75, 3.05) is 13.2 Å². The van der Waals surface area contributed by atoms with Gasteiger partial charge in [-0.05, 0) is 50.1 Å². The predicted molar refractivity (Wildman–Crippen MR) is 95.3 cm³/mol. The number of aryl methyl sites for hydroxylation is 1. The van der Waals surface area contributed by atoms with Crippen LogP contribution in [0, 0.1) is 12.8 Å². The lowest BCUT2D eigenvalue weighted by Crippen LogP contribution is -2.37. The first-order valence-corrected chi connectivity index (χ1v) is 8.21. The second-order valence-electron chi connectivity index (χ2n) is 5.78. The van der Waals surface area contributed by atoms with Crippen LogP contribution in [0.2, 0.25) is 0 Å². The van der Waals surface area contributed by atoms with E-state index in [1.165, 1.54) is 6.20 Å². The maximum atomic E-state index is 12.1. The lowest BCUT2D eigenvalue weighted by Gasteiger charge is -2.15. The Morgan fingerprint density at radius 3 is 2.48 bits per heavy atom. The van der Waals surface area contributed by atoms with Crippen LogP contribution in [0.4, 0.5) is 0 Å². The standard InChI is InChI=1S/C19H23N3O3/c1-3-25-17-8-5-14(6-9-17)10-16(18(20)23)12-22-19(24)15-7-4-13(2)21-11-15/h4-9,11,16H,3,10,12H2,1-2H3,(H2,20,23)(H,22,24)/t16-/m1/s1. The van der Waals surface area contributed by atoms with Gasteiger partial charge in [0, 0.05) is 18.4 Å². The number of primary amides is 1. The first kappa shape index (κ1) is 18.4. The SMILES string of the molecule is CCOc1ccc(C[C@H](CNC(=O)c2ccc(C)nc2)C(N)=O)cc1. The molecular weight excluding hydrogens is 318 g/mol. The smallest absolute Gasteiger partial charge is 0.252 e. The molecule has 2 amide bonds. The van der Waals surface area contributed by atoms with Gasteiger partial charge in [0.05, 0.1) is 18.1 Å². The van der Waals surface area contributed by atoms with Crippen molar-refractivity contribution in [3.05, 3.63) is 59.4 Å². The summed E-state index contributed by atoms with van der Waals surface area (Å²) in [4.78, 5) is 27.9. The molecule has 0 saturated heterocycles. The average molecular weight is 341 g/mol. The van der Waals surface area contributed by atoms with Gasteiger partial charge in [0.25, 0.3) is 5.91 Å². The quantitative estimate of drug-likeness (QED) is 0.766. The van der Waals surface area contributed by atoms with Gasteiger partial charge < -0.3 is 15.8 Å². The molecule has 1 atom stereocenters. The van der Waals surface area contributed by atoms with Crippen LogP contribution in [0.5, 0.6) is 5.75 Å². The Morgan fingerprint density at radius 2 is 1.92 bits per heavy atom. The molecule has 2 rings (SSSR count). The Morgan fingerprint density at radius 1 is 1.20 bits per heavy atom. The van der Waals surface area contributed by atoms with Gasteiger partial charge in [-0.1, -0.05) is 12.1 Å². The topological polar surface area (TPSA) is 94.3 Å². The van der Waals surface area contributed by atoms with Crippen molar-refractivity contribution < 1.29 is 14.3 Å². The minimum Gasteiger partial charge on any atom is -0.494 e. The van der Waals surface area contributed by atoms with Gasteiger partial charge in [-0.25, -0.2) is 0 Å². The predicted octanol–water partition coefficient (Wildman–Crippen LogP) is 1.86. The maximum Gasteiger partial charge on any atom is 0.252 e. The van der Waals surface area contributed by atoms with Gasteiger partial charge in [0.2, 0.25) is 5.91 Å². The van der Waals surface area contributed by atoms with Crippen molar-refractivity contribution in [2.45, 2.75) is 20.3 Å². The molecule has 1 heterocycles. The zero-order valence-corrected chi connectivity index (χ0v) is 14.5. The van der Waals surface area contributed by atoms with E-state index in [1.54, 1.807) is 12.1 Å². The third kappa shape index (κ3) is 5.60. The molecule has 0 aliphatic carbocycles. The molecular formula is C19H23N3O3. The Labute approximate surface area is 147 Å². The van der Waals surface area contributed by atoms with Crippen molar-refractivity contribution in [3.63, 3.8) is 0 Å². The summed E-state index contributed by atoms with van der Waals surface area (Å²) in [6, 6.07) is 11.0. The number of amides is 2. The van der Waals surface area contributed by atoms with Crippen LogP contribution >= 0.6 is 0 Å². The summed E-state index contributed by atoms with van der Waals surface area (Å²) < 4.78 is 5.40. The molecule has 0 unspecified atom stereocenters. The van der Waals surface area contributed by atoms with E-state index in [-0.39, 0.29) is 12.5 Å². The summed E-state index contributed by atoms with van der Waals surface area (Å²) in [5.41, 5.74) is 7.73. The number of nitrogens with zero attached hydrogens (tertiary/aromatic N) is 1. The number of hydrogen-bond donors (Lipinski definition) is 2. The molecule has 0 aliphatic rings. The highest BCUT2D eigenvalue weighted by atomic mass is 16.5. The average Bonchev–Trinajstić information content (AvgIpc) is 2.60. The van der Waals surface area contributed by atoms with E-state index < -0.39 is 11.8 Å². The Balaban J connectivity index is 1.95. The largest absolute Gasteiger partial charge is 0.494 e. The molecule has 0 spiro atoms. The van der Waals surface area contributed by atoms with E-state index in [2.05, 4.69) is 10.3 Å². The Kier molecular flexibility index (Phi) is 6.51. The number of carbonyl (C=O) groups is 2. The van der Waals surface area contributed by atoms with E-state index in [9.17, 15) is 9.59 Å². The molecule has 6 nitrogen and oxygen atoms in total. The highest BCUT2D eigenvalue weighted by Gasteiger charge is 2.18. The molecule has 0 radical (unpaired) electrons. The van der Waals surface area contributed by atoms with E-state index in [1.807, 2.05) is 38.1 Å². The first-order chi connectivity index (χ1) is 12.0. The number of hydrogen-bond acceptors (Lipinski definition) is 4. The summed E-state index contributed by atoms with van der Waals surface area (Å²) in [7, 11) is 0. The van der Waals surface area contributed by atoms with E-state index in [0.29, 0.717) is 18.6 Å². The summed E-state index contributed by atoms with van der Waals surface area (Å²) in [5, 5.41) is 2.75. The fourth-order valence-electron chi connectivity index (χ4n) is 2.37. The fourth-order valence-corrected chi connectivity index (χ4v) is 2.37. The number of carbonyl (C=O) groups excluding carboxylic acids is 2. The van der Waals surface area contributed by atoms with E-state index in [0.717, 1.165) is 17.0 Å². The van der Waals surface area contributed by atoms with Crippen molar-refractivity contribution in [1.82, 2.24) is 10.3 Å². The lowest BCUT2D eigenvalue weighted by molar-refractivity contribution is -0.121. The lowest BCUT2D eigenvalue weighted by atomic mass is 9.98. The zero-order chi connectivity index (χ0) is 18.2. The van der Waals surface area contributed by atoms with Crippen molar-refractivity contribution in [3.8, 4) is 5.75 Å². The van der Waals surface area contributed by atoms with Crippen LogP contribution in [0.15, 0.2) is 42.6 Å². The highest BCUT2D eigenvalue weighted by Crippen LogP contribution is 2.15. The van der Waals surface area contributed by atoms with Crippen LogP contribution in [0.25, 0.3) is 0 Å². The van der Waals surface area contributed by atoms with E-state index >= 15 is 0 Å². The summed E-state index contributed by atoms with van der Waals surface area (Å²) >= 11 is 0. The summed E-state index contributed by atoms with van der Waals surface area (Å²) in [6.45, 7) is 4.54. The number of aromatic nitrogens is 1. The molecule has 1 aromatic heterocycles. The third-order valence-corrected chi connectivity index (χ3v) is 3.80. The molecule has 0 bridgehead atoms. The molecule has 0 aliphatic heterocycles. The number of benzene rings is 1. The Bertz CT molecular complexity index is 712.